The normalized spacial score (nSPS) is 16.6. The lowest BCUT2D eigenvalue weighted by molar-refractivity contribution is -0.130. The van der Waals surface area contributed by atoms with Gasteiger partial charge in [-0.15, -0.1) is 0 Å². The van der Waals surface area contributed by atoms with E-state index in [1.807, 2.05) is 23.7 Å². The average Bonchev–Trinajstić information content (AvgIpc) is 3.12. The molecule has 1 amide bonds. The number of benzene rings is 2. The highest BCUT2D eigenvalue weighted by atomic mass is 19.1. The number of nitrogens with one attached hydrogen (secondary N) is 1. The van der Waals surface area contributed by atoms with Crippen LogP contribution < -0.4 is 14.8 Å². The van der Waals surface area contributed by atoms with Gasteiger partial charge in [0.2, 0.25) is 6.10 Å². The number of aryl methyl sites for hydroxylation is 1. The summed E-state index contributed by atoms with van der Waals surface area (Å²) in [5.41, 5.74) is 0.719. The second-order valence-electron chi connectivity index (χ2n) is 6.25. The second-order valence-corrected chi connectivity index (χ2v) is 6.25. The van der Waals surface area contributed by atoms with Gasteiger partial charge in [0.05, 0.1) is 0 Å². The molecule has 0 unspecified atom stereocenters. The van der Waals surface area contributed by atoms with Crippen molar-refractivity contribution in [2.75, 3.05) is 6.61 Å². The largest absolute Gasteiger partial charge is 0.485 e. The van der Waals surface area contributed by atoms with Crippen molar-refractivity contribution in [3.63, 3.8) is 0 Å². The third kappa shape index (κ3) is 3.48. The van der Waals surface area contributed by atoms with Gasteiger partial charge in [-0.25, -0.2) is 9.37 Å². The van der Waals surface area contributed by atoms with Gasteiger partial charge in [0.15, 0.2) is 11.5 Å². The molecule has 1 N–H and O–H groups in total. The van der Waals surface area contributed by atoms with E-state index < -0.39 is 12.1 Å². The van der Waals surface area contributed by atoms with E-state index in [4.69, 9.17) is 9.47 Å². The molecule has 1 aliphatic rings. The molecular weight excluding hydrogens is 349 g/mol. The Morgan fingerprint density at radius 2 is 1.96 bits per heavy atom. The van der Waals surface area contributed by atoms with Crippen molar-refractivity contribution in [1.82, 2.24) is 14.9 Å². The zero-order valence-corrected chi connectivity index (χ0v) is 14.6. The SMILES string of the molecule is Cn1ccnc1[C@@H](NC(=O)[C@H]1COc2ccccc2O1)c1ccc(F)cc1. The zero-order chi connectivity index (χ0) is 18.8. The Hall–Kier alpha value is -3.35. The highest BCUT2D eigenvalue weighted by Gasteiger charge is 2.30. The van der Waals surface area contributed by atoms with Gasteiger partial charge >= 0.3 is 0 Å². The molecule has 1 aliphatic heterocycles. The van der Waals surface area contributed by atoms with Crippen LogP contribution in [0.5, 0.6) is 11.5 Å². The van der Waals surface area contributed by atoms with E-state index >= 15 is 0 Å². The van der Waals surface area contributed by atoms with E-state index in [0.29, 0.717) is 17.3 Å². The maximum atomic E-state index is 13.3. The molecule has 2 atom stereocenters. The number of imidazole rings is 1. The first-order valence-corrected chi connectivity index (χ1v) is 8.53. The quantitative estimate of drug-likeness (QED) is 0.770. The van der Waals surface area contributed by atoms with E-state index in [1.54, 1.807) is 36.7 Å². The van der Waals surface area contributed by atoms with Crippen molar-refractivity contribution in [1.29, 1.82) is 0 Å². The van der Waals surface area contributed by atoms with Crippen molar-refractivity contribution >= 4 is 5.91 Å². The number of halogens is 1. The molecule has 0 saturated carbocycles. The number of fused-ring (bicyclic) bond motifs is 1. The summed E-state index contributed by atoms with van der Waals surface area (Å²) in [6.07, 6.45) is 2.64. The molecule has 0 radical (unpaired) electrons. The minimum atomic E-state index is -0.789. The van der Waals surface area contributed by atoms with Crippen LogP contribution in [-0.2, 0) is 11.8 Å². The molecule has 7 heteroatoms. The van der Waals surface area contributed by atoms with Crippen molar-refractivity contribution in [3.8, 4) is 11.5 Å². The lowest BCUT2D eigenvalue weighted by atomic mass is 10.1. The summed E-state index contributed by atoms with van der Waals surface area (Å²) in [6, 6.07) is 12.6. The Bertz CT molecular complexity index is 955. The lowest BCUT2D eigenvalue weighted by Gasteiger charge is -2.27. The number of para-hydroxylation sites is 2. The number of nitrogens with zero attached hydrogens (tertiary/aromatic N) is 2. The van der Waals surface area contributed by atoms with Crippen LogP contribution in [0.2, 0.25) is 0 Å². The lowest BCUT2D eigenvalue weighted by Crippen LogP contribution is -2.45. The van der Waals surface area contributed by atoms with Gasteiger partial charge in [-0.3, -0.25) is 4.79 Å². The molecule has 2 heterocycles. The first-order valence-electron chi connectivity index (χ1n) is 8.53. The molecule has 0 aliphatic carbocycles. The molecule has 6 nitrogen and oxygen atoms in total. The fraction of sp³-hybridized carbons (Fsp3) is 0.200. The summed E-state index contributed by atoms with van der Waals surface area (Å²) >= 11 is 0. The first-order chi connectivity index (χ1) is 13.1. The summed E-state index contributed by atoms with van der Waals surface area (Å²) < 4.78 is 26.5. The number of hydrogen-bond acceptors (Lipinski definition) is 4. The number of rotatable bonds is 4. The molecule has 0 bridgehead atoms. The molecular formula is C20H18FN3O3. The Morgan fingerprint density at radius 3 is 2.67 bits per heavy atom. The van der Waals surface area contributed by atoms with Crippen molar-refractivity contribution in [2.45, 2.75) is 12.1 Å². The molecule has 27 heavy (non-hydrogen) atoms. The molecule has 4 rings (SSSR count). The maximum Gasteiger partial charge on any atom is 0.265 e. The van der Waals surface area contributed by atoms with Gasteiger partial charge in [0.1, 0.15) is 24.3 Å². The third-order valence-corrected chi connectivity index (χ3v) is 4.41. The smallest absolute Gasteiger partial charge is 0.265 e. The molecule has 3 aromatic rings. The fourth-order valence-corrected chi connectivity index (χ4v) is 2.99. The van der Waals surface area contributed by atoms with E-state index in [9.17, 15) is 9.18 Å². The van der Waals surface area contributed by atoms with Gasteiger partial charge in [-0.1, -0.05) is 24.3 Å². The average molecular weight is 367 g/mol. The number of ether oxygens (including phenoxy) is 2. The van der Waals surface area contributed by atoms with E-state index in [-0.39, 0.29) is 18.3 Å². The number of amides is 1. The topological polar surface area (TPSA) is 65.4 Å². The van der Waals surface area contributed by atoms with Gasteiger partial charge in [0.25, 0.3) is 5.91 Å². The van der Waals surface area contributed by atoms with E-state index in [0.717, 1.165) is 5.56 Å². The van der Waals surface area contributed by atoms with Gasteiger partial charge in [-0.05, 0) is 29.8 Å². The van der Waals surface area contributed by atoms with Crippen LogP contribution in [-0.4, -0.2) is 28.2 Å². The number of hydrogen-bond donors (Lipinski definition) is 1. The fourth-order valence-electron chi connectivity index (χ4n) is 2.99. The Balaban J connectivity index is 1.58. The van der Waals surface area contributed by atoms with Crippen LogP contribution in [0.4, 0.5) is 4.39 Å². The van der Waals surface area contributed by atoms with Crippen LogP contribution in [0.1, 0.15) is 17.4 Å². The van der Waals surface area contributed by atoms with Gasteiger partial charge < -0.3 is 19.4 Å². The van der Waals surface area contributed by atoms with Crippen LogP contribution in [0.25, 0.3) is 0 Å². The summed E-state index contributed by atoms with van der Waals surface area (Å²) in [7, 11) is 1.83. The molecule has 2 aromatic carbocycles. The summed E-state index contributed by atoms with van der Waals surface area (Å²) in [6.45, 7) is 0.111. The van der Waals surface area contributed by atoms with Gasteiger partial charge in [-0.2, -0.15) is 0 Å². The maximum absolute atomic E-state index is 13.3. The Morgan fingerprint density at radius 1 is 1.22 bits per heavy atom. The standard InChI is InChI=1S/C20H18FN3O3/c1-24-11-10-22-19(24)18(13-6-8-14(21)9-7-13)23-20(25)17-12-26-15-4-2-3-5-16(15)27-17/h2-11,17-18H,12H2,1H3,(H,23,25)/t17-,18+/m1/s1. The van der Waals surface area contributed by atoms with Crippen LogP contribution >= 0.6 is 0 Å². The van der Waals surface area contributed by atoms with Crippen molar-refractivity contribution in [3.05, 3.63) is 78.1 Å². The van der Waals surface area contributed by atoms with Crippen molar-refractivity contribution < 1.29 is 18.7 Å². The van der Waals surface area contributed by atoms with E-state index in [1.165, 1.54) is 12.1 Å². The van der Waals surface area contributed by atoms with E-state index in [2.05, 4.69) is 10.3 Å². The van der Waals surface area contributed by atoms with Crippen LogP contribution in [0, 0.1) is 5.82 Å². The monoisotopic (exact) mass is 367 g/mol. The zero-order valence-electron chi connectivity index (χ0n) is 14.6. The van der Waals surface area contributed by atoms with Crippen LogP contribution in [0.15, 0.2) is 60.9 Å². The molecule has 1 aromatic heterocycles. The third-order valence-electron chi connectivity index (χ3n) is 4.41. The minimum absolute atomic E-state index is 0.111. The number of carbonyl (C=O) groups is 1. The van der Waals surface area contributed by atoms with Crippen molar-refractivity contribution in [2.24, 2.45) is 7.05 Å². The Labute approximate surface area is 155 Å². The summed E-state index contributed by atoms with van der Waals surface area (Å²) in [4.78, 5) is 17.2. The first kappa shape index (κ1) is 17.1. The number of aromatic nitrogens is 2. The predicted molar refractivity (Wildman–Crippen MR) is 95.9 cm³/mol. The molecule has 0 spiro atoms. The second kappa shape index (κ2) is 7.11. The predicted octanol–water partition coefficient (Wildman–Crippen LogP) is 2.60. The number of carbonyl (C=O) groups excluding carboxylic acids is 1. The highest BCUT2D eigenvalue weighted by Crippen LogP contribution is 2.31. The highest BCUT2D eigenvalue weighted by molar-refractivity contribution is 5.82. The molecule has 138 valence electrons. The minimum Gasteiger partial charge on any atom is -0.485 e. The molecule has 0 saturated heterocycles. The Kier molecular flexibility index (Phi) is 4.50. The van der Waals surface area contributed by atoms with Crippen LogP contribution in [0.3, 0.4) is 0 Å². The molecule has 0 fully saturated rings. The summed E-state index contributed by atoms with van der Waals surface area (Å²) in [5.74, 6) is 1.10. The summed E-state index contributed by atoms with van der Waals surface area (Å²) in [5, 5.41) is 2.95. The van der Waals surface area contributed by atoms with Gasteiger partial charge in [0, 0.05) is 19.4 Å².